The quantitative estimate of drug-likeness (QED) is 0.806. The molecule has 2 rings (SSSR count). The summed E-state index contributed by atoms with van der Waals surface area (Å²) in [6, 6.07) is 4.41. The van der Waals surface area contributed by atoms with Gasteiger partial charge in [0.15, 0.2) is 0 Å². The number of hydrogen-bond donors (Lipinski definition) is 1. The van der Waals surface area contributed by atoms with Gasteiger partial charge in [-0.3, -0.25) is 0 Å². The van der Waals surface area contributed by atoms with E-state index in [0.717, 1.165) is 57.3 Å². The van der Waals surface area contributed by atoms with E-state index in [0.29, 0.717) is 0 Å². The Morgan fingerprint density at radius 1 is 1.15 bits per heavy atom. The number of aromatic nitrogens is 1. The summed E-state index contributed by atoms with van der Waals surface area (Å²) >= 11 is 0. The van der Waals surface area contributed by atoms with Crippen LogP contribution in [-0.4, -0.2) is 49.2 Å². The second kappa shape index (κ2) is 7.60. The molecule has 4 heteroatoms. The molecule has 0 unspecified atom stereocenters. The van der Waals surface area contributed by atoms with Gasteiger partial charge in [0.05, 0.1) is 0 Å². The van der Waals surface area contributed by atoms with Crippen molar-refractivity contribution < 1.29 is 0 Å². The molecule has 0 spiro atoms. The van der Waals surface area contributed by atoms with Crippen molar-refractivity contribution in [3.05, 3.63) is 23.4 Å². The maximum absolute atomic E-state index is 4.79. The summed E-state index contributed by atoms with van der Waals surface area (Å²) in [7, 11) is 0. The van der Waals surface area contributed by atoms with Crippen molar-refractivity contribution in [1.29, 1.82) is 0 Å². The molecular weight excluding hydrogens is 248 g/mol. The SMILES string of the molecule is CCCNCc1ccc(N2CCN(CC)CC2)nc1C. The molecule has 0 saturated carbocycles. The molecule has 1 saturated heterocycles. The van der Waals surface area contributed by atoms with Crippen molar-refractivity contribution in [2.75, 3.05) is 44.2 Å². The van der Waals surface area contributed by atoms with Gasteiger partial charge in [0.1, 0.15) is 5.82 Å². The van der Waals surface area contributed by atoms with Gasteiger partial charge < -0.3 is 15.1 Å². The van der Waals surface area contributed by atoms with E-state index in [4.69, 9.17) is 4.98 Å². The number of pyridine rings is 1. The maximum Gasteiger partial charge on any atom is 0.128 e. The third kappa shape index (κ3) is 3.93. The molecule has 0 radical (unpaired) electrons. The maximum atomic E-state index is 4.79. The van der Waals surface area contributed by atoms with Crippen LogP contribution in [0.3, 0.4) is 0 Å². The highest BCUT2D eigenvalue weighted by atomic mass is 15.3. The van der Waals surface area contributed by atoms with Crippen LogP contribution in [0.4, 0.5) is 5.82 Å². The smallest absolute Gasteiger partial charge is 0.128 e. The van der Waals surface area contributed by atoms with Gasteiger partial charge in [0, 0.05) is 38.4 Å². The number of piperazine rings is 1. The molecule has 112 valence electrons. The fourth-order valence-corrected chi connectivity index (χ4v) is 2.63. The average Bonchev–Trinajstić information content (AvgIpc) is 2.49. The van der Waals surface area contributed by atoms with Crippen LogP contribution in [0.2, 0.25) is 0 Å². The summed E-state index contributed by atoms with van der Waals surface area (Å²) in [6.07, 6.45) is 1.17. The minimum Gasteiger partial charge on any atom is -0.354 e. The number of nitrogens with one attached hydrogen (secondary N) is 1. The van der Waals surface area contributed by atoms with Crippen molar-refractivity contribution in [3.8, 4) is 0 Å². The predicted molar refractivity (Wildman–Crippen MR) is 85.3 cm³/mol. The van der Waals surface area contributed by atoms with Gasteiger partial charge in [-0.2, -0.15) is 0 Å². The summed E-state index contributed by atoms with van der Waals surface area (Å²) in [5, 5.41) is 3.44. The Morgan fingerprint density at radius 2 is 1.90 bits per heavy atom. The highest BCUT2D eigenvalue weighted by Crippen LogP contribution is 2.16. The van der Waals surface area contributed by atoms with Crippen LogP contribution >= 0.6 is 0 Å². The summed E-state index contributed by atoms with van der Waals surface area (Å²) < 4.78 is 0. The van der Waals surface area contributed by atoms with Gasteiger partial charge in [-0.25, -0.2) is 4.98 Å². The summed E-state index contributed by atoms with van der Waals surface area (Å²) in [4.78, 5) is 9.69. The topological polar surface area (TPSA) is 31.4 Å². The first-order chi connectivity index (χ1) is 9.74. The monoisotopic (exact) mass is 276 g/mol. The lowest BCUT2D eigenvalue weighted by molar-refractivity contribution is 0.270. The number of aryl methyl sites for hydroxylation is 1. The van der Waals surface area contributed by atoms with E-state index >= 15 is 0 Å². The van der Waals surface area contributed by atoms with Gasteiger partial charge >= 0.3 is 0 Å². The van der Waals surface area contributed by atoms with Crippen LogP contribution in [0.5, 0.6) is 0 Å². The zero-order valence-electron chi connectivity index (χ0n) is 13.2. The van der Waals surface area contributed by atoms with Crippen molar-refractivity contribution in [1.82, 2.24) is 15.2 Å². The Morgan fingerprint density at radius 3 is 2.50 bits per heavy atom. The van der Waals surface area contributed by atoms with E-state index in [9.17, 15) is 0 Å². The van der Waals surface area contributed by atoms with E-state index in [1.54, 1.807) is 0 Å². The molecule has 1 N–H and O–H groups in total. The number of hydrogen-bond acceptors (Lipinski definition) is 4. The van der Waals surface area contributed by atoms with E-state index in [1.165, 1.54) is 12.0 Å². The lowest BCUT2D eigenvalue weighted by atomic mass is 10.2. The second-order valence-corrected chi connectivity index (χ2v) is 5.51. The summed E-state index contributed by atoms with van der Waals surface area (Å²) in [5.41, 5.74) is 2.47. The van der Waals surface area contributed by atoms with E-state index in [1.807, 2.05) is 0 Å². The first kappa shape index (κ1) is 15.3. The molecule has 20 heavy (non-hydrogen) atoms. The van der Waals surface area contributed by atoms with Crippen LogP contribution in [0.1, 0.15) is 31.5 Å². The molecule has 1 aliphatic rings. The number of nitrogens with zero attached hydrogens (tertiary/aromatic N) is 3. The van der Waals surface area contributed by atoms with Crippen LogP contribution in [-0.2, 0) is 6.54 Å². The Labute approximate surface area is 123 Å². The minimum absolute atomic E-state index is 0.927. The van der Waals surface area contributed by atoms with Gasteiger partial charge in [-0.15, -0.1) is 0 Å². The van der Waals surface area contributed by atoms with E-state index < -0.39 is 0 Å². The third-order valence-electron chi connectivity index (χ3n) is 4.07. The Balaban J connectivity index is 1.95. The van der Waals surface area contributed by atoms with Crippen LogP contribution in [0.25, 0.3) is 0 Å². The van der Waals surface area contributed by atoms with Crippen molar-refractivity contribution in [2.24, 2.45) is 0 Å². The zero-order valence-corrected chi connectivity index (χ0v) is 13.2. The molecule has 1 fully saturated rings. The minimum atomic E-state index is 0.927. The molecule has 2 heterocycles. The highest BCUT2D eigenvalue weighted by Gasteiger charge is 2.17. The van der Waals surface area contributed by atoms with Crippen molar-refractivity contribution in [2.45, 2.75) is 33.7 Å². The molecule has 1 aromatic heterocycles. The number of anilines is 1. The molecule has 4 nitrogen and oxygen atoms in total. The van der Waals surface area contributed by atoms with E-state index in [2.05, 4.69) is 48.0 Å². The van der Waals surface area contributed by atoms with Crippen LogP contribution in [0.15, 0.2) is 12.1 Å². The molecule has 1 aromatic rings. The second-order valence-electron chi connectivity index (χ2n) is 5.51. The molecule has 0 aliphatic carbocycles. The zero-order chi connectivity index (χ0) is 14.4. The van der Waals surface area contributed by atoms with Crippen molar-refractivity contribution in [3.63, 3.8) is 0 Å². The third-order valence-corrected chi connectivity index (χ3v) is 4.07. The van der Waals surface area contributed by atoms with Gasteiger partial charge in [0.2, 0.25) is 0 Å². The average molecular weight is 276 g/mol. The normalized spacial score (nSPS) is 16.6. The molecule has 0 atom stereocenters. The molecule has 1 aliphatic heterocycles. The lowest BCUT2D eigenvalue weighted by Crippen LogP contribution is -2.46. The van der Waals surface area contributed by atoms with Gasteiger partial charge in [-0.1, -0.05) is 19.9 Å². The molecule has 0 bridgehead atoms. The van der Waals surface area contributed by atoms with Gasteiger partial charge in [0.25, 0.3) is 0 Å². The summed E-state index contributed by atoms with van der Waals surface area (Å²) in [5.74, 6) is 1.14. The highest BCUT2D eigenvalue weighted by molar-refractivity contribution is 5.42. The van der Waals surface area contributed by atoms with Crippen LogP contribution < -0.4 is 10.2 Å². The molecule has 0 amide bonds. The van der Waals surface area contributed by atoms with E-state index in [-0.39, 0.29) is 0 Å². The summed E-state index contributed by atoms with van der Waals surface area (Å²) in [6.45, 7) is 14.2. The standard InChI is InChI=1S/C16H28N4/c1-4-8-17-13-15-6-7-16(18-14(15)3)20-11-9-19(5-2)10-12-20/h6-7,17H,4-5,8-13H2,1-3H3. The predicted octanol–water partition coefficient (Wildman–Crippen LogP) is 2.03. The molecular formula is C16H28N4. The molecule has 0 aromatic carbocycles. The van der Waals surface area contributed by atoms with Gasteiger partial charge in [-0.05, 0) is 38.1 Å². The van der Waals surface area contributed by atoms with Crippen molar-refractivity contribution >= 4 is 5.82 Å². The Bertz CT molecular complexity index is 411. The fraction of sp³-hybridized carbons (Fsp3) is 0.688. The first-order valence-electron chi connectivity index (χ1n) is 7.89. The Kier molecular flexibility index (Phi) is 5.80. The number of rotatable bonds is 6. The van der Waals surface area contributed by atoms with Crippen LogP contribution in [0, 0.1) is 6.92 Å². The largest absolute Gasteiger partial charge is 0.354 e. The Hall–Kier alpha value is -1.13. The lowest BCUT2D eigenvalue weighted by Gasteiger charge is -2.35. The first-order valence-corrected chi connectivity index (χ1v) is 7.89. The number of likely N-dealkylation sites (N-methyl/N-ethyl adjacent to an activating group) is 1. The fourth-order valence-electron chi connectivity index (χ4n) is 2.63.